The first kappa shape index (κ1) is 6.87. The van der Waals surface area contributed by atoms with Crippen molar-refractivity contribution >= 4 is 0 Å². The second-order valence-electron chi connectivity index (χ2n) is 3.32. The number of nitrogens with zero attached hydrogens (tertiary/aromatic N) is 1. The predicted molar refractivity (Wildman–Crippen MR) is 40.8 cm³/mol. The van der Waals surface area contributed by atoms with Crippen molar-refractivity contribution < 1.29 is 4.74 Å². The Kier molecular flexibility index (Phi) is 1.47. The van der Waals surface area contributed by atoms with Gasteiger partial charge in [-0.2, -0.15) is 5.26 Å². The van der Waals surface area contributed by atoms with Crippen LogP contribution in [0.15, 0.2) is 11.6 Å². The van der Waals surface area contributed by atoms with Gasteiger partial charge in [0, 0.05) is 0 Å². The van der Waals surface area contributed by atoms with E-state index in [1.54, 1.807) is 0 Å². The van der Waals surface area contributed by atoms with Crippen molar-refractivity contribution in [3.8, 4) is 6.07 Å². The van der Waals surface area contributed by atoms with Gasteiger partial charge in [-0.15, -0.1) is 0 Å². The van der Waals surface area contributed by atoms with Gasteiger partial charge in [0.05, 0.1) is 24.2 Å². The topological polar surface area (TPSA) is 33.0 Å². The van der Waals surface area contributed by atoms with Gasteiger partial charge in [0.1, 0.15) is 0 Å². The summed E-state index contributed by atoms with van der Waals surface area (Å²) in [5.41, 5.74) is 1.30. The highest BCUT2D eigenvalue weighted by molar-refractivity contribution is 5.16. The molecular formula is C9H11NO. The molecule has 0 aromatic carbocycles. The van der Waals surface area contributed by atoms with Crippen molar-refractivity contribution in [1.29, 1.82) is 5.26 Å². The van der Waals surface area contributed by atoms with E-state index in [0.717, 1.165) is 12.8 Å². The van der Waals surface area contributed by atoms with E-state index in [2.05, 4.69) is 19.1 Å². The Morgan fingerprint density at radius 3 is 3.18 bits per heavy atom. The summed E-state index contributed by atoms with van der Waals surface area (Å²) >= 11 is 0. The summed E-state index contributed by atoms with van der Waals surface area (Å²) in [5.74, 6) is 0.133. The molecule has 58 valence electrons. The van der Waals surface area contributed by atoms with Crippen molar-refractivity contribution in [2.75, 3.05) is 0 Å². The van der Waals surface area contributed by atoms with Crippen molar-refractivity contribution in [3.63, 3.8) is 0 Å². The summed E-state index contributed by atoms with van der Waals surface area (Å²) in [6, 6.07) is 2.30. The molecule has 2 aliphatic heterocycles. The third kappa shape index (κ3) is 0.965. The Labute approximate surface area is 66.5 Å². The Hall–Kier alpha value is -0.810. The van der Waals surface area contributed by atoms with E-state index in [-0.39, 0.29) is 18.1 Å². The maximum Gasteiger partial charge on any atom is 0.0800 e. The van der Waals surface area contributed by atoms with Gasteiger partial charge in [-0.25, -0.2) is 0 Å². The van der Waals surface area contributed by atoms with E-state index in [1.165, 1.54) is 5.57 Å². The molecule has 2 nitrogen and oxygen atoms in total. The quantitative estimate of drug-likeness (QED) is 0.490. The third-order valence-electron chi connectivity index (χ3n) is 2.60. The number of hydrogen-bond acceptors (Lipinski definition) is 2. The molecule has 2 bridgehead atoms. The maximum absolute atomic E-state index is 8.75. The molecule has 0 aromatic rings. The SMILES string of the molecule is CC1=CC[C@H]2O[C@@H]1C[C@H]2C#N. The van der Waals surface area contributed by atoms with Gasteiger partial charge in [-0.1, -0.05) is 6.08 Å². The smallest absolute Gasteiger partial charge is 0.0800 e. The lowest BCUT2D eigenvalue weighted by atomic mass is 10.0. The highest BCUT2D eigenvalue weighted by Gasteiger charge is 2.37. The molecule has 0 N–H and O–H groups in total. The van der Waals surface area contributed by atoms with E-state index < -0.39 is 0 Å². The van der Waals surface area contributed by atoms with Crippen LogP contribution in [0, 0.1) is 17.2 Å². The summed E-state index contributed by atoms with van der Waals surface area (Å²) in [6.45, 7) is 2.08. The first-order chi connectivity index (χ1) is 5.31. The van der Waals surface area contributed by atoms with E-state index in [1.807, 2.05) is 0 Å². The molecule has 0 unspecified atom stereocenters. The van der Waals surface area contributed by atoms with Gasteiger partial charge in [0.15, 0.2) is 0 Å². The normalized spacial score (nSPS) is 41.5. The fourth-order valence-corrected chi connectivity index (χ4v) is 1.83. The molecule has 1 saturated heterocycles. The second-order valence-corrected chi connectivity index (χ2v) is 3.32. The average molecular weight is 149 g/mol. The lowest BCUT2D eigenvalue weighted by Crippen LogP contribution is -2.18. The molecule has 0 spiro atoms. The molecule has 11 heavy (non-hydrogen) atoms. The van der Waals surface area contributed by atoms with Crippen LogP contribution >= 0.6 is 0 Å². The summed E-state index contributed by atoms with van der Waals surface area (Å²) in [7, 11) is 0. The van der Waals surface area contributed by atoms with Gasteiger partial charge in [0.2, 0.25) is 0 Å². The molecule has 2 aliphatic rings. The van der Waals surface area contributed by atoms with Crippen LogP contribution in [0.1, 0.15) is 19.8 Å². The molecular weight excluding hydrogens is 138 g/mol. The van der Waals surface area contributed by atoms with Crippen LogP contribution in [-0.4, -0.2) is 12.2 Å². The van der Waals surface area contributed by atoms with Gasteiger partial charge in [-0.05, 0) is 25.3 Å². The number of hydrogen-bond donors (Lipinski definition) is 0. The molecule has 0 aliphatic carbocycles. The highest BCUT2D eigenvalue weighted by atomic mass is 16.5. The van der Waals surface area contributed by atoms with Crippen molar-refractivity contribution in [2.24, 2.45) is 5.92 Å². The zero-order chi connectivity index (χ0) is 7.84. The van der Waals surface area contributed by atoms with E-state index in [0.29, 0.717) is 0 Å². The molecule has 0 aromatic heterocycles. The van der Waals surface area contributed by atoms with Gasteiger partial charge >= 0.3 is 0 Å². The predicted octanol–water partition coefficient (Wildman–Crippen LogP) is 1.63. The van der Waals surface area contributed by atoms with Crippen LogP contribution in [-0.2, 0) is 4.74 Å². The van der Waals surface area contributed by atoms with Crippen LogP contribution in [0.4, 0.5) is 0 Å². The van der Waals surface area contributed by atoms with Crippen molar-refractivity contribution in [3.05, 3.63) is 11.6 Å². The van der Waals surface area contributed by atoms with E-state index in [4.69, 9.17) is 10.00 Å². The fourth-order valence-electron chi connectivity index (χ4n) is 1.83. The fraction of sp³-hybridized carbons (Fsp3) is 0.667. The minimum Gasteiger partial charge on any atom is -0.369 e. The molecule has 1 fully saturated rings. The summed E-state index contributed by atoms with van der Waals surface area (Å²) in [5, 5.41) is 8.75. The number of nitriles is 1. The van der Waals surface area contributed by atoms with Crippen LogP contribution in [0.2, 0.25) is 0 Å². The number of fused-ring (bicyclic) bond motifs is 2. The molecule has 2 heteroatoms. The Bertz CT molecular complexity index is 238. The van der Waals surface area contributed by atoms with Crippen LogP contribution < -0.4 is 0 Å². The Morgan fingerprint density at radius 2 is 2.55 bits per heavy atom. The number of ether oxygens (including phenoxy) is 1. The average Bonchev–Trinajstić information content (AvgIpc) is 2.37. The van der Waals surface area contributed by atoms with Crippen molar-refractivity contribution in [2.45, 2.75) is 32.0 Å². The summed E-state index contributed by atoms with van der Waals surface area (Å²) < 4.78 is 5.62. The zero-order valence-corrected chi connectivity index (χ0v) is 6.58. The second kappa shape index (κ2) is 2.35. The molecule has 2 heterocycles. The monoisotopic (exact) mass is 149 g/mol. The summed E-state index contributed by atoms with van der Waals surface area (Å²) in [6.07, 6.45) is 4.48. The lowest BCUT2D eigenvalue weighted by Gasteiger charge is -2.18. The number of rotatable bonds is 0. The molecule has 0 amide bonds. The van der Waals surface area contributed by atoms with Gasteiger partial charge in [0.25, 0.3) is 0 Å². The van der Waals surface area contributed by atoms with Crippen molar-refractivity contribution in [1.82, 2.24) is 0 Å². The summed E-state index contributed by atoms with van der Waals surface area (Å²) in [4.78, 5) is 0. The molecule has 0 radical (unpaired) electrons. The minimum atomic E-state index is 0.133. The maximum atomic E-state index is 8.75. The van der Waals surface area contributed by atoms with E-state index in [9.17, 15) is 0 Å². The highest BCUT2D eigenvalue weighted by Crippen LogP contribution is 2.36. The molecule has 2 rings (SSSR count). The minimum absolute atomic E-state index is 0.133. The lowest BCUT2D eigenvalue weighted by molar-refractivity contribution is 0.0499. The van der Waals surface area contributed by atoms with Crippen LogP contribution in [0.25, 0.3) is 0 Å². The Morgan fingerprint density at radius 1 is 1.73 bits per heavy atom. The van der Waals surface area contributed by atoms with Crippen LogP contribution in [0.5, 0.6) is 0 Å². The van der Waals surface area contributed by atoms with Gasteiger partial charge in [-0.3, -0.25) is 0 Å². The van der Waals surface area contributed by atoms with Gasteiger partial charge < -0.3 is 4.74 Å². The first-order valence-corrected chi connectivity index (χ1v) is 4.03. The molecule has 0 saturated carbocycles. The zero-order valence-electron chi connectivity index (χ0n) is 6.58. The standard InChI is InChI=1S/C9H11NO/c1-6-2-3-8-7(5-10)4-9(6)11-8/h2,7-9H,3-4H2,1H3/t7-,8+,9+/m0/s1. The third-order valence-corrected chi connectivity index (χ3v) is 2.60. The molecule has 3 atom stereocenters. The van der Waals surface area contributed by atoms with E-state index >= 15 is 0 Å². The Balaban J connectivity index is 2.20. The first-order valence-electron chi connectivity index (χ1n) is 4.03. The van der Waals surface area contributed by atoms with Crippen LogP contribution in [0.3, 0.4) is 0 Å². The largest absolute Gasteiger partial charge is 0.369 e.